The summed E-state index contributed by atoms with van der Waals surface area (Å²) in [7, 11) is -3.50. The van der Waals surface area contributed by atoms with Crippen molar-refractivity contribution in [3.05, 3.63) is 35.7 Å². The predicted molar refractivity (Wildman–Crippen MR) is 82.1 cm³/mol. The lowest BCUT2D eigenvalue weighted by Gasteiger charge is -2.10. The molecule has 23 heavy (non-hydrogen) atoms. The van der Waals surface area contributed by atoms with Crippen LogP contribution in [0.1, 0.15) is 29.5 Å². The molecule has 10 heteroatoms. The Hall–Kier alpha value is -2.49. The highest BCUT2D eigenvalue weighted by molar-refractivity contribution is 7.92. The number of aryl methyl sites for hydroxylation is 1. The normalized spacial score (nSPS) is 11.2. The number of anilines is 1. The van der Waals surface area contributed by atoms with Crippen LogP contribution in [0.2, 0.25) is 0 Å². The van der Waals surface area contributed by atoms with E-state index in [1.165, 1.54) is 12.1 Å². The molecule has 0 saturated heterocycles. The Labute approximate surface area is 133 Å². The van der Waals surface area contributed by atoms with E-state index < -0.39 is 16.0 Å². The highest BCUT2D eigenvalue weighted by Crippen LogP contribution is 2.17. The van der Waals surface area contributed by atoms with Gasteiger partial charge in [0.2, 0.25) is 10.0 Å². The van der Waals surface area contributed by atoms with E-state index >= 15 is 0 Å². The van der Waals surface area contributed by atoms with Crippen molar-refractivity contribution in [1.29, 1.82) is 0 Å². The first-order chi connectivity index (χ1) is 10.9. The van der Waals surface area contributed by atoms with Crippen LogP contribution in [0.4, 0.5) is 5.69 Å². The molecule has 0 amide bonds. The van der Waals surface area contributed by atoms with Gasteiger partial charge in [-0.05, 0) is 29.0 Å². The van der Waals surface area contributed by atoms with Crippen LogP contribution < -0.4 is 4.72 Å². The van der Waals surface area contributed by atoms with Crippen molar-refractivity contribution in [2.45, 2.75) is 26.5 Å². The van der Waals surface area contributed by atoms with E-state index in [1.54, 1.807) is 16.8 Å². The van der Waals surface area contributed by atoms with Crippen molar-refractivity contribution in [2.24, 2.45) is 0 Å². The molecular formula is C13H17N5O4S. The van der Waals surface area contributed by atoms with Gasteiger partial charge in [0, 0.05) is 6.54 Å². The summed E-state index contributed by atoms with van der Waals surface area (Å²) in [5.41, 5.74) is 0.278. The van der Waals surface area contributed by atoms with Gasteiger partial charge in [-0.2, -0.15) is 0 Å². The maximum atomic E-state index is 12.2. The molecule has 0 unspecified atom stereocenters. The van der Waals surface area contributed by atoms with Crippen LogP contribution >= 0.6 is 0 Å². The van der Waals surface area contributed by atoms with Crippen molar-refractivity contribution < 1.29 is 17.9 Å². The molecule has 1 aromatic carbocycles. The predicted octanol–water partition coefficient (Wildman–Crippen LogP) is 0.812. The smallest absolute Gasteiger partial charge is 0.340 e. The first-order valence-electron chi connectivity index (χ1n) is 6.89. The minimum absolute atomic E-state index is 0.0982. The molecular weight excluding hydrogens is 322 g/mol. The van der Waals surface area contributed by atoms with Gasteiger partial charge in [-0.15, -0.1) is 5.10 Å². The standard InChI is InChI=1S/C13H17N5O4S/c1-3-8-18-12(14-16-17-18)9-22-13(19)10-6-4-5-7-11(10)15-23(2,20)21/h4-7,15H,3,8-9H2,1-2H3. The molecule has 1 heterocycles. The molecule has 0 radical (unpaired) electrons. The average molecular weight is 339 g/mol. The van der Waals surface area contributed by atoms with E-state index in [4.69, 9.17) is 4.74 Å². The van der Waals surface area contributed by atoms with Gasteiger partial charge in [0.15, 0.2) is 12.4 Å². The Kier molecular flexibility index (Phi) is 5.27. The minimum atomic E-state index is -3.50. The number of tetrazole rings is 1. The number of nitrogens with one attached hydrogen (secondary N) is 1. The van der Waals surface area contributed by atoms with Crippen molar-refractivity contribution in [3.8, 4) is 0 Å². The van der Waals surface area contributed by atoms with Crippen LogP contribution in [-0.2, 0) is 27.9 Å². The van der Waals surface area contributed by atoms with E-state index in [1.807, 2.05) is 6.92 Å². The number of esters is 1. The summed E-state index contributed by atoms with van der Waals surface area (Å²) >= 11 is 0. The topological polar surface area (TPSA) is 116 Å². The van der Waals surface area contributed by atoms with Crippen LogP contribution in [0.5, 0.6) is 0 Å². The first kappa shape index (κ1) is 16.9. The number of rotatable bonds is 7. The molecule has 2 rings (SSSR count). The minimum Gasteiger partial charge on any atom is -0.454 e. The third kappa shape index (κ3) is 4.74. The second-order valence-corrected chi connectivity index (χ2v) is 6.56. The summed E-state index contributed by atoms with van der Waals surface area (Å²) in [6, 6.07) is 6.20. The number of carbonyl (C=O) groups excluding carboxylic acids is 1. The molecule has 0 aliphatic rings. The van der Waals surface area contributed by atoms with Crippen molar-refractivity contribution in [3.63, 3.8) is 0 Å². The maximum Gasteiger partial charge on any atom is 0.340 e. The molecule has 0 aliphatic heterocycles. The van der Waals surface area contributed by atoms with E-state index in [2.05, 4.69) is 20.2 Å². The number of sulfonamides is 1. The Bertz CT molecular complexity index is 787. The number of ether oxygens (including phenoxy) is 1. The number of carbonyl (C=O) groups is 1. The zero-order chi connectivity index (χ0) is 16.9. The zero-order valence-corrected chi connectivity index (χ0v) is 13.6. The van der Waals surface area contributed by atoms with Crippen molar-refractivity contribution in [1.82, 2.24) is 20.2 Å². The van der Waals surface area contributed by atoms with Gasteiger partial charge in [0.1, 0.15) is 0 Å². The van der Waals surface area contributed by atoms with E-state index in [-0.39, 0.29) is 17.9 Å². The summed E-state index contributed by atoms with van der Waals surface area (Å²) in [6.45, 7) is 2.50. The van der Waals surface area contributed by atoms with E-state index in [0.29, 0.717) is 12.4 Å². The summed E-state index contributed by atoms with van der Waals surface area (Å²) in [6.07, 6.45) is 1.85. The lowest BCUT2D eigenvalue weighted by atomic mass is 10.2. The van der Waals surface area contributed by atoms with Crippen LogP contribution in [0.3, 0.4) is 0 Å². The van der Waals surface area contributed by atoms with Gasteiger partial charge in [0.05, 0.1) is 17.5 Å². The largest absolute Gasteiger partial charge is 0.454 e. The third-order valence-electron chi connectivity index (χ3n) is 2.82. The number of hydrogen-bond donors (Lipinski definition) is 1. The molecule has 0 bridgehead atoms. The SMILES string of the molecule is CCCn1nnnc1COC(=O)c1ccccc1NS(C)(=O)=O. The second-order valence-electron chi connectivity index (χ2n) is 4.81. The molecule has 124 valence electrons. The van der Waals surface area contributed by atoms with Gasteiger partial charge >= 0.3 is 5.97 Å². The second kappa shape index (κ2) is 7.18. The molecule has 0 fully saturated rings. The van der Waals surface area contributed by atoms with E-state index in [9.17, 15) is 13.2 Å². The van der Waals surface area contributed by atoms with Crippen LogP contribution in [0, 0.1) is 0 Å². The molecule has 0 atom stereocenters. The van der Waals surface area contributed by atoms with Crippen molar-refractivity contribution in [2.75, 3.05) is 11.0 Å². The van der Waals surface area contributed by atoms with Gasteiger partial charge < -0.3 is 4.74 Å². The maximum absolute atomic E-state index is 12.2. The fourth-order valence-corrected chi connectivity index (χ4v) is 2.45. The summed E-state index contributed by atoms with van der Waals surface area (Å²) in [5, 5.41) is 11.1. The number of benzene rings is 1. The summed E-state index contributed by atoms with van der Waals surface area (Å²) in [4.78, 5) is 12.2. The number of nitrogens with zero attached hydrogens (tertiary/aromatic N) is 4. The van der Waals surface area contributed by atoms with Gasteiger partial charge in [0.25, 0.3) is 0 Å². The Morgan fingerprint density at radius 3 is 2.78 bits per heavy atom. The molecule has 0 spiro atoms. The number of hydrogen-bond acceptors (Lipinski definition) is 7. The molecule has 2 aromatic rings. The molecule has 0 saturated carbocycles. The Morgan fingerprint density at radius 1 is 1.35 bits per heavy atom. The molecule has 0 aliphatic carbocycles. The first-order valence-corrected chi connectivity index (χ1v) is 8.79. The monoisotopic (exact) mass is 339 g/mol. The third-order valence-corrected chi connectivity index (χ3v) is 3.41. The van der Waals surface area contributed by atoms with Crippen LogP contribution in [-0.4, -0.2) is 40.9 Å². The summed E-state index contributed by atoms with van der Waals surface area (Å²) < 4.78 is 31.7. The summed E-state index contributed by atoms with van der Waals surface area (Å²) in [5.74, 6) is -0.239. The fourth-order valence-electron chi connectivity index (χ4n) is 1.87. The number of para-hydroxylation sites is 1. The number of aromatic nitrogens is 4. The van der Waals surface area contributed by atoms with Gasteiger partial charge in [-0.1, -0.05) is 19.1 Å². The molecule has 1 N–H and O–H groups in total. The Morgan fingerprint density at radius 2 is 2.09 bits per heavy atom. The van der Waals surface area contributed by atoms with E-state index in [0.717, 1.165) is 12.7 Å². The molecule has 9 nitrogen and oxygen atoms in total. The van der Waals surface area contributed by atoms with Crippen LogP contribution in [0.15, 0.2) is 24.3 Å². The quantitative estimate of drug-likeness (QED) is 0.742. The van der Waals surface area contributed by atoms with Gasteiger partial charge in [-0.25, -0.2) is 17.9 Å². The lowest BCUT2D eigenvalue weighted by molar-refractivity contribution is 0.0457. The lowest BCUT2D eigenvalue weighted by Crippen LogP contribution is -2.15. The Balaban J connectivity index is 2.10. The van der Waals surface area contributed by atoms with Gasteiger partial charge in [-0.3, -0.25) is 4.72 Å². The average Bonchev–Trinajstić information content (AvgIpc) is 2.91. The van der Waals surface area contributed by atoms with Crippen molar-refractivity contribution >= 4 is 21.7 Å². The highest BCUT2D eigenvalue weighted by atomic mass is 32.2. The molecule has 1 aromatic heterocycles. The fraction of sp³-hybridized carbons (Fsp3) is 0.385. The zero-order valence-electron chi connectivity index (χ0n) is 12.8. The highest BCUT2D eigenvalue weighted by Gasteiger charge is 2.16. The van der Waals surface area contributed by atoms with Crippen LogP contribution in [0.25, 0.3) is 0 Å².